The van der Waals surface area contributed by atoms with E-state index in [0.717, 1.165) is 24.3 Å². The fourth-order valence-electron chi connectivity index (χ4n) is 3.99. The predicted molar refractivity (Wildman–Crippen MR) is 131 cm³/mol. The van der Waals surface area contributed by atoms with Crippen LogP contribution < -0.4 is 10.2 Å². The molecule has 0 spiro atoms. The summed E-state index contributed by atoms with van der Waals surface area (Å²) in [7, 11) is 1.44. The smallest absolute Gasteiger partial charge is 0.265 e. The number of likely N-dealkylation sites (tertiary alicyclic amines) is 1. The molecule has 2 N–H and O–H groups in total. The Labute approximate surface area is 201 Å². The first kappa shape index (κ1) is 25.6. The van der Waals surface area contributed by atoms with Crippen LogP contribution in [-0.4, -0.2) is 68.1 Å². The van der Waals surface area contributed by atoms with Crippen molar-refractivity contribution in [2.24, 2.45) is 0 Å². The van der Waals surface area contributed by atoms with Crippen LogP contribution in [0.5, 0.6) is 11.5 Å². The average Bonchev–Trinajstić information content (AvgIpc) is 2.83. The summed E-state index contributed by atoms with van der Waals surface area (Å²) in [5, 5.41) is 9.34. The van der Waals surface area contributed by atoms with Crippen molar-refractivity contribution in [3.05, 3.63) is 54.1 Å². The van der Waals surface area contributed by atoms with Crippen molar-refractivity contribution in [2.75, 3.05) is 31.0 Å². The summed E-state index contributed by atoms with van der Waals surface area (Å²) in [6.45, 7) is 3.70. The van der Waals surface area contributed by atoms with E-state index in [-0.39, 0.29) is 17.7 Å². The van der Waals surface area contributed by atoms with Gasteiger partial charge in [0.2, 0.25) is 0 Å². The molecule has 1 aliphatic rings. The van der Waals surface area contributed by atoms with Gasteiger partial charge < -0.3 is 9.64 Å². The zero-order valence-electron chi connectivity index (χ0n) is 18.7. The van der Waals surface area contributed by atoms with E-state index in [9.17, 15) is 18.4 Å². The van der Waals surface area contributed by atoms with E-state index in [1.807, 2.05) is 31.2 Å². The van der Waals surface area contributed by atoms with Crippen molar-refractivity contribution in [2.45, 2.75) is 35.8 Å². The Morgan fingerprint density at radius 3 is 2.24 bits per heavy atom. The fourth-order valence-corrected chi connectivity index (χ4v) is 6.44. The van der Waals surface area contributed by atoms with Crippen molar-refractivity contribution >= 4 is 35.4 Å². The highest BCUT2D eigenvalue weighted by atomic mass is 32.2. The molecule has 33 heavy (non-hydrogen) atoms. The van der Waals surface area contributed by atoms with Crippen molar-refractivity contribution in [1.82, 2.24) is 10.4 Å². The van der Waals surface area contributed by atoms with Crippen molar-refractivity contribution in [3.8, 4) is 11.5 Å². The van der Waals surface area contributed by atoms with Gasteiger partial charge in [-0.05, 0) is 80.5 Å². The summed E-state index contributed by atoms with van der Waals surface area (Å²) in [5.74, 6) is 1.18. The van der Waals surface area contributed by atoms with Crippen molar-refractivity contribution in [3.63, 3.8) is 0 Å². The number of piperidine rings is 1. The van der Waals surface area contributed by atoms with Gasteiger partial charge in [-0.25, -0.2) is 13.9 Å². The molecular formula is C23H29BN2O5S2. The maximum Gasteiger partial charge on any atom is 0.265 e. The molecule has 2 radical (unpaired) electrons. The first-order valence-corrected chi connectivity index (χ1v) is 13.5. The number of hydrogen-bond donors (Lipinski definition) is 2. The molecule has 1 saturated heterocycles. The van der Waals surface area contributed by atoms with Crippen LogP contribution in [0.2, 0.25) is 0 Å². The molecule has 1 heterocycles. The number of rotatable bonds is 10. The number of benzene rings is 2. The summed E-state index contributed by atoms with van der Waals surface area (Å²) < 4.78 is 31.2. The average molecular weight is 488 g/mol. The predicted octanol–water partition coefficient (Wildman–Crippen LogP) is 3.15. The molecule has 1 fully saturated rings. The lowest BCUT2D eigenvalue weighted by Crippen LogP contribution is -2.57. The van der Waals surface area contributed by atoms with Gasteiger partial charge in [0.25, 0.3) is 5.91 Å². The highest BCUT2D eigenvalue weighted by Gasteiger charge is 2.52. The van der Waals surface area contributed by atoms with E-state index in [2.05, 4.69) is 4.90 Å². The number of aryl methyl sites for hydroxylation is 1. The number of sulfone groups is 1. The molecule has 0 aromatic heterocycles. The van der Waals surface area contributed by atoms with Gasteiger partial charge >= 0.3 is 0 Å². The number of thioether (sulfide) groups is 1. The maximum atomic E-state index is 13.6. The molecular weight excluding hydrogens is 459 g/mol. The van der Waals surface area contributed by atoms with Crippen molar-refractivity contribution in [1.29, 1.82) is 0 Å². The van der Waals surface area contributed by atoms with Crippen LogP contribution in [0.1, 0.15) is 24.8 Å². The number of nitrogens with zero attached hydrogens (tertiary/aromatic N) is 1. The molecule has 2 aromatic carbocycles. The third-order valence-corrected chi connectivity index (χ3v) is 9.29. The molecule has 176 valence electrons. The normalized spacial score (nSPS) is 16.3. The Hall–Kier alpha value is -2.01. The lowest BCUT2D eigenvalue weighted by Gasteiger charge is -2.39. The molecule has 3 rings (SSSR count). The Morgan fingerprint density at radius 1 is 1.12 bits per heavy atom. The minimum Gasteiger partial charge on any atom is -0.457 e. The molecule has 0 bridgehead atoms. The summed E-state index contributed by atoms with van der Waals surface area (Å²) in [4.78, 5) is 14.8. The number of carbonyl (C=O) groups is 1. The van der Waals surface area contributed by atoms with Gasteiger partial charge in [0.1, 0.15) is 11.5 Å². The molecule has 0 unspecified atom stereocenters. The summed E-state index contributed by atoms with van der Waals surface area (Å²) in [5.41, 5.74) is 3.28. The minimum atomic E-state index is -4.06. The highest BCUT2D eigenvalue weighted by Crippen LogP contribution is 2.37. The number of hydrogen-bond acceptors (Lipinski definition) is 7. The number of nitrogens with one attached hydrogen (secondary N) is 1. The standard InChI is InChI=1S/C23H29BN2O5S2/c1-18-3-5-19(6-4-18)31-20-7-9-21(10-8-20)33(29,30)23(22(27)25-28)11-14-26(15-12-23)13-2-16-32-17-24/h3-10,28H,2,11-17H2,1H3,(H,25,27). The van der Waals surface area contributed by atoms with Gasteiger partial charge in [0, 0.05) is 13.1 Å². The number of amides is 1. The number of carbonyl (C=O) groups excluding carboxylic acids is 1. The zero-order valence-corrected chi connectivity index (χ0v) is 20.3. The summed E-state index contributed by atoms with van der Waals surface area (Å²) >= 11 is 1.66. The van der Waals surface area contributed by atoms with Crippen LogP contribution in [0.4, 0.5) is 0 Å². The highest BCUT2D eigenvalue weighted by molar-refractivity contribution is 8.00. The largest absolute Gasteiger partial charge is 0.457 e. The SMILES string of the molecule is [B]CSCCCN1CCC(C(=O)NO)(S(=O)(=O)c2ccc(Oc3ccc(C)cc3)cc2)CC1. The lowest BCUT2D eigenvalue weighted by molar-refractivity contribution is -0.133. The molecule has 7 nitrogen and oxygen atoms in total. The van der Waals surface area contributed by atoms with Crippen LogP contribution >= 0.6 is 11.8 Å². The lowest BCUT2D eigenvalue weighted by atomic mass is 9.95. The van der Waals surface area contributed by atoms with Gasteiger partial charge in [0.05, 0.1) is 12.7 Å². The van der Waals surface area contributed by atoms with Crippen LogP contribution in [0.3, 0.4) is 0 Å². The van der Waals surface area contributed by atoms with E-state index in [0.29, 0.717) is 30.2 Å². The fraction of sp³-hybridized carbons (Fsp3) is 0.435. The molecule has 2 aromatic rings. The molecule has 10 heteroatoms. The van der Waals surface area contributed by atoms with E-state index in [4.69, 9.17) is 12.6 Å². The number of ether oxygens (including phenoxy) is 1. The Balaban J connectivity index is 1.74. The zero-order chi connectivity index (χ0) is 23.9. The Morgan fingerprint density at radius 2 is 1.70 bits per heavy atom. The van der Waals surface area contributed by atoms with E-state index >= 15 is 0 Å². The van der Waals surface area contributed by atoms with Gasteiger partial charge in [-0.3, -0.25) is 10.0 Å². The third kappa shape index (κ3) is 5.92. The monoisotopic (exact) mass is 488 g/mol. The van der Waals surface area contributed by atoms with Crippen LogP contribution in [0.15, 0.2) is 53.4 Å². The molecule has 1 amide bonds. The third-order valence-electron chi connectivity index (χ3n) is 5.97. The quantitative estimate of drug-likeness (QED) is 0.230. The van der Waals surface area contributed by atoms with E-state index < -0.39 is 20.5 Å². The van der Waals surface area contributed by atoms with Crippen molar-refractivity contribution < 1.29 is 23.2 Å². The Bertz CT molecular complexity index is 1020. The first-order valence-electron chi connectivity index (χ1n) is 10.9. The molecule has 0 aliphatic carbocycles. The summed E-state index contributed by atoms with van der Waals surface area (Å²) in [6.07, 6.45) is 1.15. The molecule has 0 saturated carbocycles. The molecule has 0 atom stereocenters. The second-order valence-corrected chi connectivity index (χ2v) is 11.5. The maximum absolute atomic E-state index is 13.6. The van der Waals surface area contributed by atoms with Crippen LogP contribution in [0, 0.1) is 6.92 Å². The number of hydroxylamine groups is 1. The molecule has 1 aliphatic heterocycles. The Kier molecular flexibility index (Phi) is 8.86. The van der Waals surface area contributed by atoms with Gasteiger partial charge in [-0.2, -0.15) is 11.8 Å². The summed E-state index contributed by atoms with van der Waals surface area (Å²) in [6, 6.07) is 13.6. The second-order valence-electron chi connectivity index (χ2n) is 8.10. The minimum absolute atomic E-state index is 0.0233. The van der Waals surface area contributed by atoms with E-state index in [1.54, 1.807) is 29.4 Å². The van der Waals surface area contributed by atoms with E-state index in [1.165, 1.54) is 12.1 Å². The van der Waals surface area contributed by atoms with Crippen LogP contribution in [-0.2, 0) is 14.6 Å². The van der Waals surface area contributed by atoms with Gasteiger partial charge in [-0.1, -0.05) is 17.7 Å². The topological polar surface area (TPSA) is 95.9 Å². The van der Waals surface area contributed by atoms with Crippen LogP contribution in [0.25, 0.3) is 0 Å². The van der Waals surface area contributed by atoms with Gasteiger partial charge in [0.15, 0.2) is 14.6 Å². The van der Waals surface area contributed by atoms with Gasteiger partial charge in [-0.15, -0.1) is 0 Å². The second kappa shape index (κ2) is 11.4. The first-order chi connectivity index (χ1) is 15.8.